The van der Waals surface area contributed by atoms with Crippen LogP contribution in [0.1, 0.15) is 11.6 Å². The minimum Gasteiger partial charge on any atom is -0.379 e. The standard InChI is InChI=1S/C17H20ClN3O/c18-15-6-4-14(5-7-15)16(21-9-11-22-12-10-21)13-20-17-3-1-2-8-19-17/h1-8,16H,9-13H2,(H,19,20). The van der Waals surface area contributed by atoms with Gasteiger partial charge in [0.2, 0.25) is 0 Å². The van der Waals surface area contributed by atoms with Crippen molar-refractivity contribution < 1.29 is 4.74 Å². The highest BCUT2D eigenvalue weighted by molar-refractivity contribution is 6.30. The van der Waals surface area contributed by atoms with E-state index in [-0.39, 0.29) is 6.04 Å². The zero-order valence-electron chi connectivity index (χ0n) is 12.4. The van der Waals surface area contributed by atoms with E-state index in [1.807, 2.05) is 30.3 Å². The molecule has 0 amide bonds. The molecule has 0 aliphatic carbocycles. The van der Waals surface area contributed by atoms with Crippen LogP contribution >= 0.6 is 11.6 Å². The molecule has 0 saturated carbocycles. The smallest absolute Gasteiger partial charge is 0.125 e. The molecule has 1 N–H and O–H groups in total. The lowest BCUT2D eigenvalue weighted by Gasteiger charge is -2.35. The molecular formula is C17H20ClN3O. The zero-order chi connectivity index (χ0) is 15.2. The summed E-state index contributed by atoms with van der Waals surface area (Å²) in [5.74, 6) is 0.898. The summed E-state index contributed by atoms with van der Waals surface area (Å²) in [4.78, 5) is 6.78. The van der Waals surface area contributed by atoms with Gasteiger partial charge in [0.1, 0.15) is 5.82 Å². The summed E-state index contributed by atoms with van der Waals surface area (Å²) in [5.41, 5.74) is 1.26. The number of anilines is 1. The topological polar surface area (TPSA) is 37.4 Å². The van der Waals surface area contributed by atoms with E-state index in [2.05, 4.69) is 27.3 Å². The van der Waals surface area contributed by atoms with Crippen molar-refractivity contribution in [3.63, 3.8) is 0 Å². The molecule has 1 saturated heterocycles. The molecule has 1 aliphatic heterocycles. The van der Waals surface area contributed by atoms with E-state index >= 15 is 0 Å². The van der Waals surface area contributed by atoms with Crippen molar-refractivity contribution >= 4 is 17.4 Å². The van der Waals surface area contributed by atoms with Gasteiger partial charge in [-0.1, -0.05) is 29.8 Å². The Balaban J connectivity index is 1.74. The minimum atomic E-state index is 0.281. The highest BCUT2D eigenvalue weighted by Crippen LogP contribution is 2.24. The molecule has 1 unspecified atom stereocenters. The van der Waals surface area contributed by atoms with Gasteiger partial charge in [0.25, 0.3) is 0 Å². The van der Waals surface area contributed by atoms with Gasteiger partial charge in [-0.15, -0.1) is 0 Å². The minimum absolute atomic E-state index is 0.281. The molecule has 1 aromatic heterocycles. The third-order valence-electron chi connectivity index (χ3n) is 3.88. The Morgan fingerprint density at radius 3 is 2.59 bits per heavy atom. The van der Waals surface area contributed by atoms with Gasteiger partial charge < -0.3 is 10.1 Å². The number of hydrogen-bond acceptors (Lipinski definition) is 4. The molecule has 0 bridgehead atoms. The summed E-state index contributed by atoms with van der Waals surface area (Å²) in [7, 11) is 0. The first-order valence-corrected chi connectivity index (χ1v) is 7.93. The van der Waals surface area contributed by atoms with Crippen molar-refractivity contribution in [3.8, 4) is 0 Å². The quantitative estimate of drug-likeness (QED) is 0.919. The zero-order valence-corrected chi connectivity index (χ0v) is 13.2. The normalized spacial score (nSPS) is 17.1. The Morgan fingerprint density at radius 2 is 1.91 bits per heavy atom. The molecule has 3 rings (SSSR count). The number of ether oxygens (including phenoxy) is 1. The number of morpholine rings is 1. The number of halogens is 1. The van der Waals surface area contributed by atoms with Crippen LogP contribution in [0.25, 0.3) is 0 Å². The maximum atomic E-state index is 6.02. The highest BCUT2D eigenvalue weighted by Gasteiger charge is 2.22. The lowest BCUT2D eigenvalue weighted by molar-refractivity contribution is 0.0187. The summed E-state index contributed by atoms with van der Waals surface area (Å²) in [6, 6.07) is 14.3. The summed E-state index contributed by atoms with van der Waals surface area (Å²) in [5, 5.41) is 4.19. The second kappa shape index (κ2) is 7.58. The molecule has 1 atom stereocenters. The van der Waals surface area contributed by atoms with Gasteiger partial charge >= 0.3 is 0 Å². The average Bonchev–Trinajstić information content (AvgIpc) is 2.58. The van der Waals surface area contributed by atoms with E-state index in [0.717, 1.165) is 43.7 Å². The SMILES string of the molecule is Clc1ccc(C(CNc2ccccn2)N2CCOCC2)cc1. The van der Waals surface area contributed by atoms with E-state index < -0.39 is 0 Å². The molecule has 5 heteroatoms. The Hall–Kier alpha value is -1.62. The predicted molar refractivity (Wildman–Crippen MR) is 89.3 cm³/mol. The molecular weight excluding hydrogens is 298 g/mol. The van der Waals surface area contributed by atoms with Gasteiger partial charge in [0.15, 0.2) is 0 Å². The van der Waals surface area contributed by atoms with Crippen LogP contribution in [0, 0.1) is 0 Å². The number of benzene rings is 1. The maximum Gasteiger partial charge on any atom is 0.125 e. The Morgan fingerprint density at radius 1 is 1.14 bits per heavy atom. The molecule has 1 fully saturated rings. The molecule has 116 valence electrons. The first kappa shape index (κ1) is 15.3. The van der Waals surface area contributed by atoms with Crippen molar-refractivity contribution in [2.24, 2.45) is 0 Å². The van der Waals surface area contributed by atoms with E-state index in [4.69, 9.17) is 16.3 Å². The second-order valence-electron chi connectivity index (χ2n) is 5.31. The van der Waals surface area contributed by atoms with Crippen molar-refractivity contribution in [3.05, 3.63) is 59.2 Å². The Labute approximate surface area is 136 Å². The van der Waals surface area contributed by atoms with Crippen LogP contribution in [-0.4, -0.2) is 42.7 Å². The molecule has 4 nitrogen and oxygen atoms in total. The lowest BCUT2D eigenvalue weighted by Crippen LogP contribution is -2.41. The average molecular weight is 318 g/mol. The van der Waals surface area contributed by atoms with Crippen LogP contribution in [0.4, 0.5) is 5.82 Å². The van der Waals surface area contributed by atoms with Gasteiger partial charge in [0.05, 0.1) is 19.3 Å². The fourth-order valence-electron chi connectivity index (χ4n) is 2.70. The van der Waals surface area contributed by atoms with Crippen LogP contribution in [-0.2, 0) is 4.74 Å². The number of rotatable bonds is 5. The number of pyridine rings is 1. The van der Waals surface area contributed by atoms with Crippen molar-refractivity contribution in [1.29, 1.82) is 0 Å². The van der Waals surface area contributed by atoms with Crippen molar-refractivity contribution in [2.75, 3.05) is 38.2 Å². The number of nitrogens with zero attached hydrogens (tertiary/aromatic N) is 2. The van der Waals surface area contributed by atoms with E-state index in [0.29, 0.717) is 0 Å². The first-order valence-electron chi connectivity index (χ1n) is 7.55. The van der Waals surface area contributed by atoms with Gasteiger partial charge in [-0.3, -0.25) is 4.90 Å². The fourth-order valence-corrected chi connectivity index (χ4v) is 2.83. The molecule has 2 heterocycles. The molecule has 0 radical (unpaired) electrons. The van der Waals surface area contributed by atoms with Gasteiger partial charge in [-0.2, -0.15) is 0 Å². The maximum absolute atomic E-state index is 6.02. The fraction of sp³-hybridized carbons (Fsp3) is 0.353. The van der Waals surface area contributed by atoms with Crippen LogP contribution < -0.4 is 5.32 Å². The molecule has 22 heavy (non-hydrogen) atoms. The molecule has 1 aromatic carbocycles. The molecule has 0 spiro atoms. The monoisotopic (exact) mass is 317 g/mol. The van der Waals surface area contributed by atoms with Gasteiger partial charge in [-0.25, -0.2) is 4.98 Å². The van der Waals surface area contributed by atoms with Crippen LogP contribution in [0.2, 0.25) is 5.02 Å². The first-order chi connectivity index (χ1) is 10.8. The third-order valence-corrected chi connectivity index (χ3v) is 4.13. The summed E-state index contributed by atoms with van der Waals surface area (Å²) < 4.78 is 5.47. The number of hydrogen-bond donors (Lipinski definition) is 1. The van der Waals surface area contributed by atoms with Crippen LogP contribution in [0.3, 0.4) is 0 Å². The van der Waals surface area contributed by atoms with Crippen molar-refractivity contribution in [2.45, 2.75) is 6.04 Å². The largest absolute Gasteiger partial charge is 0.379 e. The second-order valence-corrected chi connectivity index (χ2v) is 5.75. The Kier molecular flexibility index (Phi) is 5.27. The highest BCUT2D eigenvalue weighted by atomic mass is 35.5. The summed E-state index contributed by atoms with van der Waals surface area (Å²) in [6.07, 6.45) is 1.80. The van der Waals surface area contributed by atoms with E-state index in [1.165, 1.54) is 5.56 Å². The number of aromatic nitrogens is 1. The predicted octanol–water partition coefficient (Wildman–Crippen LogP) is 3.22. The molecule has 1 aliphatic rings. The summed E-state index contributed by atoms with van der Waals surface area (Å²) >= 11 is 6.02. The summed E-state index contributed by atoms with van der Waals surface area (Å²) in [6.45, 7) is 4.26. The van der Waals surface area contributed by atoms with Crippen molar-refractivity contribution in [1.82, 2.24) is 9.88 Å². The Bertz CT molecular complexity index is 570. The van der Waals surface area contributed by atoms with Gasteiger partial charge in [0, 0.05) is 30.9 Å². The number of nitrogens with one attached hydrogen (secondary N) is 1. The van der Waals surface area contributed by atoms with E-state index in [9.17, 15) is 0 Å². The van der Waals surface area contributed by atoms with Crippen LogP contribution in [0.15, 0.2) is 48.7 Å². The van der Waals surface area contributed by atoms with Crippen LogP contribution in [0.5, 0.6) is 0 Å². The molecule has 2 aromatic rings. The lowest BCUT2D eigenvalue weighted by atomic mass is 10.0. The third kappa shape index (κ3) is 3.97. The van der Waals surface area contributed by atoms with Gasteiger partial charge in [-0.05, 0) is 29.8 Å². The van der Waals surface area contributed by atoms with E-state index in [1.54, 1.807) is 6.20 Å².